The average Bonchev–Trinajstić information content (AvgIpc) is 2.86. The van der Waals surface area contributed by atoms with Crippen molar-refractivity contribution >= 4 is 6.09 Å². The van der Waals surface area contributed by atoms with Crippen molar-refractivity contribution in [1.82, 2.24) is 4.57 Å². The molecule has 1 heterocycles. The van der Waals surface area contributed by atoms with Gasteiger partial charge in [0.1, 0.15) is 5.60 Å². The first-order valence-corrected chi connectivity index (χ1v) is 8.38. The maximum Gasteiger partial charge on any atom is 0.418 e. The summed E-state index contributed by atoms with van der Waals surface area (Å²) in [6, 6.07) is 8.52. The third-order valence-corrected chi connectivity index (χ3v) is 4.27. The SMILES string of the molecule is Cc1ccc(-c2cn(C(=O)OC(C)(C)C)c3c2CCCC3)cc1. The van der Waals surface area contributed by atoms with Gasteiger partial charge in [-0.25, -0.2) is 4.79 Å². The van der Waals surface area contributed by atoms with Gasteiger partial charge in [0.15, 0.2) is 0 Å². The lowest BCUT2D eigenvalue weighted by atomic mass is 9.92. The van der Waals surface area contributed by atoms with E-state index in [1.54, 1.807) is 4.57 Å². The number of nitrogens with zero attached hydrogens (tertiary/aromatic N) is 1. The molecule has 0 bridgehead atoms. The summed E-state index contributed by atoms with van der Waals surface area (Å²) in [5, 5.41) is 0. The predicted octanol–water partition coefficient (Wildman–Crippen LogP) is 5.13. The van der Waals surface area contributed by atoms with Gasteiger partial charge in [-0.1, -0.05) is 29.8 Å². The number of hydrogen-bond acceptors (Lipinski definition) is 2. The summed E-state index contributed by atoms with van der Waals surface area (Å²) in [5.74, 6) is 0. The van der Waals surface area contributed by atoms with E-state index >= 15 is 0 Å². The van der Waals surface area contributed by atoms with E-state index in [2.05, 4.69) is 31.2 Å². The number of carbonyl (C=O) groups is 1. The third-order valence-electron chi connectivity index (χ3n) is 4.27. The molecule has 0 amide bonds. The molecule has 1 aromatic heterocycles. The van der Waals surface area contributed by atoms with Gasteiger partial charge in [0.05, 0.1) is 0 Å². The summed E-state index contributed by atoms with van der Waals surface area (Å²) in [5.41, 5.74) is 5.55. The Balaban J connectivity index is 2.05. The van der Waals surface area contributed by atoms with E-state index in [0.29, 0.717) is 0 Å². The molecular weight excluding hydrogens is 286 g/mol. The van der Waals surface area contributed by atoms with Crippen molar-refractivity contribution in [3.63, 3.8) is 0 Å². The molecule has 23 heavy (non-hydrogen) atoms. The summed E-state index contributed by atoms with van der Waals surface area (Å²) >= 11 is 0. The maximum absolute atomic E-state index is 12.6. The zero-order chi connectivity index (χ0) is 16.6. The van der Waals surface area contributed by atoms with Crippen LogP contribution in [0.1, 0.15) is 50.4 Å². The molecule has 0 saturated carbocycles. The number of ether oxygens (including phenoxy) is 1. The van der Waals surface area contributed by atoms with Crippen LogP contribution in [0.4, 0.5) is 4.79 Å². The number of carbonyl (C=O) groups excluding carboxylic acids is 1. The second-order valence-electron chi connectivity index (χ2n) is 7.39. The van der Waals surface area contributed by atoms with Crippen LogP contribution in [0.2, 0.25) is 0 Å². The Labute approximate surface area is 138 Å². The van der Waals surface area contributed by atoms with Crippen molar-refractivity contribution in [3.05, 3.63) is 47.3 Å². The normalized spacial score (nSPS) is 14.4. The molecule has 0 spiro atoms. The maximum atomic E-state index is 12.6. The van der Waals surface area contributed by atoms with E-state index < -0.39 is 5.60 Å². The first-order valence-electron chi connectivity index (χ1n) is 8.38. The van der Waals surface area contributed by atoms with Gasteiger partial charge in [0.2, 0.25) is 0 Å². The molecule has 3 nitrogen and oxygen atoms in total. The van der Waals surface area contributed by atoms with E-state index in [4.69, 9.17) is 4.74 Å². The minimum Gasteiger partial charge on any atom is -0.443 e. The Morgan fingerprint density at radius 1 is 1.09 bits per heavy atom. The van der Waals surface area contributed by atoms with Crippen LogP contribution < -0.4 is 0 Å². The van der Waals surface area contributed by atoms with Crippen LogP contribution in [0.25, 0.3) is 11.1 Å². The smallest absolute Gasteiger partial charge is 0.418 e. The van der Waals surface area contributed by atoms with Crippen molar-refractivity contribution in [1.29, 1.82) is 0 Å². The Bertz CT molecular complexity index is 717. The second-order valence-corrected chi connectivity index (χ2v) is 7.39. The highest BCUT2D eigenvalue weighted by Crippen LogP contribution is 2.34. The molecule has 1 aliphatic rings. The lowest BCUT2D eigenvalue weighted by molar-refractivity contribution is 0.0532. The third kappa shape index (κ3) is 3.34. The molecule has 0 atom stereocenters. The molecule has 0 fully saturated rings. The van der Waals surface area contributed by atoms with Gasteiger partial charge >= 0.3 is 6.09 Å². The van der Waals surface area contributed by atoms with Gasteiger partial charge in [0.25, 0.3) is 0 Å². The van der Waals surface area contributed by atoms with E-state index in [-0.39, 0.29) is 6.09 Å². The molecular formula is C20H25NO2. The van der Waals surface area contributed by atoms with Gasteiger partial charge in [-0.05, 0) is 64.5 Å². The van der Waals surface area contributed by atoms with Crippen molar-refractivity contribution in [2.75, 3.05) is 0 Å². The van der Waals surface area contributed by atoms with Crippen LogP contribution >= 0.6 is 0 Å². The summed E-state index contributed by atoms with van der Waals surface area (Å²) < 4.78 is 7.31. The van der Waals surface area contributed by atoms with Crippen molar-refractivity contribution in [2.45, 2.75) is 59.0 Å². The van der Waals surface area contributed by atoms with Gasteiger partial charge in [-0.3, -0.25) is 4.57 Å². The van der Waals surface area contributed by atoms with E-state index in [0.717, 1.165) is 25.0 Å². The van der Waals surface area contributed by atoms with Crippen molar-refractivity contribution < 1.29 is 9.53 Å². The molecule has 3 heteroatoms. The van der Waals surface area contributed by atoms with Crippen molar-refractivity contribution in [2.24, 2.45) is 0 Å². The lowest BCUT2D eigenvalue weighted by Gasteiger charge is -2.21. The topological polar surface area (TPSA) is 31.2 Å². The number of hydrogen-bond donors (Lipinski definition) is 0. The minimum atomic E-state index is -0.479. The van der Waals surface area contributed by atoms with E-state index in [1.807, 2.05) is 27.0 Å². The fraction of sp³-hybridized carbons (Fsp3) is 0.450. The van der Waals surface area contributed by atoms with E-state index in [1.165, 1.54) is 28.7 Å². The lowest BCUT2D eigenvalue weighted by Crippen LogP contribution is -2.28. The number of aryl methyl sites for hydroxylation is 1. The Hall–Kier alpha value is -2.03. The van der Waals surface area contributed by atoms with Crippen LogP contribution in [0.3, 0.4) is 0 Å². The zero-order valence-electron chi connectivity index (χ0n) is 14.5. The predicted molar refractivity (Wildman–Crippen MR) is 92.9 cm³/mol. The molecule has 3 rings (SSSR count). The molecule has 1 aliphatic carbocycles. The molecule has 0 radical (unpaired) electrons. The Morgan fingerprint density at radius 3 is 2.39 bits per heavy atom. The Morgan fingerprint density at radius 2 is 1.74 bits per heavy atom. The summed E-state index contributed by atoms with van der Waals surface area (Å²) in [7, 11) is 0. The highest BCUT2D eigenvalue weighted by Gasteiger charge is 2.25. The first-order chi connectivity index (χ1) is 10.8. The fourth-order valence-corrected chi connectivity index (χ4v) is 3.19. The number of fused-ring (bicyclic) bond motifs is 1. The second kappa shape index (κ2) is 5.88. The largest absolute Gasteiger partial charge is 0.443 e. The van der Waals surface area contributed by atoms with Crippen LogP contribution in [-0.4, -0.2) is 16.3 Å². The molecule has 0 aliphatic heterocycles. The molecule has 0 unspecified atom stereocenters. The summed E-state index contributed by atoms with van der Waals surface area (Å²) in [4.78, 5) is 12.6. The molecule has 122 valence electrons. The number of rotatable bonds is 1. The standard InChI is InChI=1S/C20H25NO2/c1-14-9-11-15(12-10-14)17-13-21(19(22)23-20(2,3)4)18-8-6-5-7-16(17)18/h9-13H,5-8H2,1-4H3. The van der Waals surface area contributed by atoms with Crippen LogP contribution in [0.15, 0.2) is 30.5 Å². The minimum absolute atomic E-state index is 0.269. The van der Waals surface area contributed by atoms with Crippen LogP contribution in [0.5, 0.6) is 0 Å². The van der Waals surface area contributed by atoms with Crippen molar-refractivity contribution in [3.8, 4) is 11.1 Å². The zero-order valence-corrected chi connectivity index (χ0v) is 14.5. The number of benzene rings is 1. The monoisotopic (exact) mass is 311 g/mol. The van der Waals surface area contributed by atoms with Crippen LogP contribution in [0, 0.1) is 6.92 Å². The van der Waals surface area contributed by atoms with Crippen LogP contribution in [-0.2, 0) is 17.6 Å². The molecule has 0 N–H and O–H groups in total. The Kier molecular flexibility index (Phi) is 4.05. The first kappa shape index (κ1) is 15.9. The van der Waals surface area contributed by atoms with Gasteiger partial charge in [0, 0.05) is 17.5 Å². The highest BCUT2D eigenvalue weighted by atomic mass is 16.6. The fourth-order valence-electron chi connectivity index (χ4n) is 3.19. The highest BCUT2D eigenvalue weighted by molar-refractivity contribution is 5.78. The van der Waals surface area contributed by atoms with Gasteiger partial charge in [-0.15, -0.1) is 0 Å². The van der Waals surface area contributed by atoms with Gasteiger partial charge < -0.3 is 4.74 Å². The molecule has 1 aromatic carbocycles. The summed E-state index contributed by atoms with van der Waals surface area (Å²) in [6.45, 7) is 7.80. The quantitative estimate of drug-likeness (QED) is 0.731. The number of aromatic nitrogens is 1. The van der Waals surface area contributed by atoms with E-state index in [9.17, 15) is 4.79 Å². The van der Waals surface area contributed by atoms with Gasteiger partial charge in [-0.2, -0.15) is 0 Å². The molecule has 2 aromatic rings. The average molecular weight is 311 g/mol. The molecule has 0 saturated heterocycles. The summed E-state index contributed by atoms with van der Waals surface area (Å²) in [6.07, 6.45) is 6.00.